The second kappa shape index (κ2) is 10.0. The Morgan fingerprint density at radius 2 is 1.76 bits per heavy atom. The topological polar surface area (TPSA) is 81.1 Å². The number of sulfonamides is 1. The predicted molar refractivity (Wildman–Crippen MR) is 129 cm³/mol. The molecule has 2 aromatic rings. The van der Waals surface area contributed by atoms with E-state index in [-0.39, 0.29) is 30.4 Å². The normalized spacial score (nSPS) is 20.1. The van der Waals surface area contributed by atoms with E-state index in [4.69, 9.17) is 9.47 Å². The van der Waals surface area contributed by atoms with Crippen molar-refractivity contribution in [2.45, 2.75) is 43.9 Å². The highest BCUT2D eigenvalue weighted by Crippen LogP contribution is 2.33. The zero-order valence-corrected chi connectivity index (χ0v) is 21.4. The van der Waals surface area contributed by atoms with Crippen LogP contribution in [0.1, 0.15) is 35.2 Å². The van der Waals surface area contributed by atoms with E-state index >= 15 is 0 Å². The largest absolute Gasteiger partial charge is 0.488 e. The highest BCUT2D eigenvalue weighted by Gasteiger charge is 2.39. The molecular weight excluding hydrogens is 511 g/mol. The van der Waals surface area contributed by atoms with Crippen molar-refractivity contribution in [2.24, 2.45) is 13.0 Å². The molecule has 8 nitrogen and oxygen atoms in total. The molecule has 0 bridgehead atoms. The lowest BCUT2D eigenvalue weighted by Crippen LogP contribution is -2.51. The van der Waals surface area contributed by atoms with Gasteiger partial charge in [0.1, 0.15) is 5.25 Å². The molecule has 2 saturated heterocycles. The zero-order chi connectivity index (χ0) is 26.4. The number of halogens is 3. The summed E-state index contributed by atoms with van der Waals surface area (Å²) >= 11 is 0. The molecule has 202 valence electrons. The monoisotopic (exact) mass is 541 g/mol. The number of pyridine rings is 1. The number of rotatable bonds is 7. The number of hydrogen-bond donors (Lipinski definition) is 0. The van der Waals surface area contributed by atoms with E-state index in [1.54, 1.807) is 19.2 Å². The minimum atomic E-state index is -4.37. The molecule has 37 heavy (non-hydrogen) atoms. The molecule has 5 rings (SSSR count). The Morgan fingerprint density at radius 3 is 2.41 bits per heavy atom. The van der Waals surface area contributed by atoms with Crippen molar-refractivity contribution < 1.29 is 31.1 Å². The van der Waals surface area contributed by atoms with Crippen molar-refractivity contribution in [1.29, 1.82) is 0 Å². The summed E-state index contributed by atoms with van der Waals surface area (Å²) in [5.41, 5.74) is 1.32. The van der Waals surface area contributed by atoms with Gasteiger partial charge in [0.2, 0.25) is 10.0 Å². The molecule has 0 atom stereocenters. The lowest BCUT2D eigenvalue weighted by molar-refractivity contribution is -0.137. The highest BCUT2D eigenvalue weighted by atomic mass is 32.2. The van der Waals surface area contributed by atoms with Gasteiger partial charge in [-0.1, -0.05) is 6.07 Å². The number of aromatic nitrogens is 1. The maximum absolute atomic E-state index is 13.0. The molecule has 1 aromatic carbocycles. The second-order valence-corrected chi connectivity index (χ2v) is 12.3. The molecule has 12 heteroatoms. The number of fused-ring (bicyclic) bond motifs is 1. The molecule has 0 spiro atoms. The van der Waals surface area contributed by atoms with Crippen LogP contribution in [0.15, 0.2) is 35.1 Å². The Bertz CT molecular complexity index is 1320. The maximum atomic E-state index is 13.0. The SMILES string of the molecule is Cn1c(CN2Cc3ccc(C(F)(F)F)cc3C2)ccc(OCC2CCN(S(=O)(=O)C3COC3)CC2)c1=O. The van der Waals surface area contributed by atoms with Crippen LogP contribution in [-0.4, -0.2) is 60.4 Å². The third-order valence-electron chi connectivity index (χ3n) is 7.52. The van der Waals surface area contributed by atoms with Gasteiger partial charge in [-0.25, -0.2) is 12.7 Å². The fraction of sp³-hybridized carbons (Fsp3) is 0.560. The van der Waals surface area contributed by atoms with Gasteiger partial charge in [0.05, 0.1) is 25.4 Å². The van der Waals surface area contributed by atoms with Gasteiger partial charge in [-0.3, -0.25) is 9.69 Å². The van der Waals surface area contributed by atoms with E-state index in [1.165, 1.54) is 21.0 Å². The second-order valence-electron chi connectivity index (χ2n) is 10.0. The highest BCUT2D eigenvalue weighted by molar-refractivity contribution is 7.89. The fourth-order valence-electron chi connectivity index (χ4n) is 5.04. The van der Waals surface area contributed by atoms with Gasteiger partial charge >= 0.3 is 6.18 Å². The first kappa shape index (κ1) is 26.2. The van der Waals surface area contributed by atoms with E-state index in [2.05, 4.69) is 0 Å². The standard InChI is InChI=1S/C25H30F3N3O5S/c1-29-21(13-30-11-18-2-3-20(25(26,27)28)10-19(18)12-30)4-5-23(24(29)32)36-14-17-6-8-31(9-7-17)37(33,34)22-15-35-16-22/h2-5,10,17,22H,6-9,11-16H2,1H3. The summed E-state index contributed by atoms with van der Waals surface area (Å²) in [7, 11) is -1.65. The molecule has 2 fully saturated rings. The van der Waals surface area contributed by atoms with Gasteiger partial charge in [0.25, 0.3) is 5.56 Å². The molecular formula is C25H30F3N3O5S. The van der Waals surface area contributed by atoms with Crippen molar-refractivity contribution in [3.05, 3.63) is 63.1 Å². The van der Waals surface area contributed by atoms with Crippen molar-refractivity contribution >= 4 is 10.0 Å². The predicted octanol–water partition coefficient (Wildman–Crippen LogP) is 2.74. The average molecular weight is 542 g/mol. The van der Waals surface area contributed by atoms with E-state index in [0.717, 1.165) is 17.3 Å². The first-order valence-electron chi connectivity index (χ1n) is 12.3. The number of ether oxygens (including phenoxy) is 2. The van der Waals surface area contributed by atoms with E-state index in [0.29, 0.717) is 57.7 Å². The van der Waals surface area contributed by atoms with Crippen molar-refractivity contribution in [3.8, 4) is 5.75 Å². The molecule has 0 N–H and O–H groups in total. The minimum Gasteiger partial charge on any atom is -0.488 e. The van der Waals surface area contributed by atoms with Gasteiger partial charge in [0, 0.05) is 45.5 Å². The van der Waals surface area contributed by atoms with Gasteiger partial charge in [0.15, 0.2) is 5.75 Å². The summed E-state index contributed by atoms with van der Waals surface area (Å²) in [5.74, 6) is 0.380. The van der Waals surface area contributed by atoms with Crippen molar-refractivity contribution in [2.75, 3.05) is 32.9 Å². The van der Waals surface area contributed by atoms with Crippen LogP contribution in [-0.2, 0) is 47.6 Å². The van der Waals surface area contributed by atoms with Gasteiger partial charge in [-0.15, -0.1) is 0 Å². The Labute approximate surface area is 213 Å². The van der Waals surface area contributed by atoms with E-state index in [1.807, 2.05) is 4.90 Å². The van der Waals surface area contributed by atoms with Crippen molar-refractivity contribution in [3.63, 3.8) is 0 Å². The summed E-state index contributed by atoms with van der Waals surface area (Å²) in [5, 5.41) is -0.436. The zero-order valence-electron chi connectivity index (χ0n) is 20.5. The van der Waals surface area contributed by atoms with Gasteiger partial charge < -0.3 is 14.0 Å². The lowest BCUT2D eigenvalue weighted by Gasteiger charge is -2.36. The Kier molecular flexibility index (Phi) is 7.12. The van der Waals surface area contributed by atoms with E-state index in [9.17, 15) is 26.4 Å². The Morgan fingerprint density at radius 1 is 1.05 bits per heavy atom. The smallest absolute Gasteiger partial charge is 0.416 e. The summed E-state index contributed by atoms with van der Waals surface area (Å²) in [6, 6.07) is 7.27. The van der Waals surface area contributed by atoms with Gasteiger partial charge in [-0.05, 0) is 54.2 Å². The number of hydrogen-bond acceptors (Lipinski definition) is 6. The van der Waals surface area contributed by atoms with Crippen LogP contribution in [0, 0.1) is 5.92 Å². The molecule has 1 aromatic heterocycles. The average Bonchev–Trinajstić information content (AvgIpc) is 3.21. The maximum Gasteiger partial charge on any atom is 0.416 e. The summed E-state index contributed by atoms with van der Waals surface area (Å²) in [6.07, 6.45) is -3.05. The number of benzene rings is 1. The van der Waals surface area contributed by atoms with Crippen LogP contribution >= 0.6 is 0 Å². The summed E-state index contributed by atoms with van der Waals surface area (Å²) in [4.78, 5) is 14.9. The third kappa shape index (κ3) is 5.43. The van der Waals surface area contributed by atoms with Crippen LogP contribution in [0.25, 0.3) is 0 Å². The summed E-state index contributed by atoms with van der Waals surface area (Å²) < 4.78 is 78.1. The quantitative estimate of drug-likeness (QED) is 0.537. The van der Waals surface area contributed by atoms with Gasteiger partial charge in [-0.2, -0.15) is 13.2 Å². The molecule has 4 heterocycles. The molecule has 3 aliphatic rings. The molecule has 3 aliphatic heterocycles. The summed E-state index contributed by atoms with van der Waals surface area (Å²) in [6.45, 7) is 3.04. The fourth-order valence-corrected chi connectivity index (χ4v) is 6.71. The molecule has 0 saturated carbocycles. The lowest BCUT2D eigenvalue weighted by atomic mass is 9.99. The Hall–Kier alpha value is -2.41. The number of nitrogens with zero attached hydrogens (tertiary/aromatic N) is 3. The van der Waals surface area contributed by atoms with E-state index < -0.39 is 27.0 Å². The molecule has 0 aliphatic carbocycles. The minimum absolute atomic E-state index is 0.151. The van der Waals surface area contributed by atoms with Crippen LogP contribution < -0.4 is 10.3 Å². The number of piperidine rings is 1. The molecule has 0 unspecified atom stereocenters. The number of alkyl halides is 3. The van der Waals surface area contributed by atoms with Crippen LogP contribution in [0.2, 0.25) is 0 Å². The third-order valence-corrected chi connectivity index (χ3v) is 9.72. The van der Waals surface area contributed by atoms with Crippen LogP contribution in [0.3, 0.4) is 0 Å². The Balaban J connectivity index is 1.15. The van der Waals surface area contributed by atoms with Crippen LogP contribution in [0.5, 0.6) is 5.75 Å². The molecule has 0 amide bonds. The van der Waals surface area contributed by atoms with Crippen LogP contribution in [0.4, 0.5) is 13.2 Å². The van der Waals surface area contributed by atoms with Crippen molar-refractivity contribution in [1.82, 2.24) is 13.8 Å². The first-order chi connectivity index (χ1) is 17.5. The molecule has 0 radical (unpaired) electrons. The first-order valence-corrected chi connectivity index (χ1v) is 13.8.